The predicted octanol–water partition coefficient (Wildman–Crippen LogP) is 2.90. The highest BCUT2D eigenvalue weighted by molar-refractivity contribution is 5.92. The van der Waals surface area contributed by atoms with Gasteiger partial charge in [-0.3, -0.25) is 9.78 Å². The average molecular weight is 310 g/mol. The average Bonchev–Trinajstić information content (AvgIpc) is 3.06. The molecule has 23 heavy (non-hydrogen) atoms. The topological polar surface area (TPSA) is 59.8 Å². The largest absolute Gasteiger partial charge is 0.343 e. The van der Waals surface area contributed by atoms with Gasteiger partial charge in [-0.1, -0.05) is 6.07 Å². The van der Waals surface area contributed by atoms with E-state index in [1.54, 1.807) is 30.6 Å². The van der Waals surface area contributed by atoms with Crippen LogP contribution < -0.4 is 5.32 Å². The second-order valence-corrected chi connectivity index (χ2v) is 5.07. The van der Waals surface area contributed by atoms with Gasteiger partial charge in [0.05, 0.1) is 17.4 Å². The van der Waals surface area contributed by atoms with Gasteiger partial charge in [0, 0.05) is 12.4 Å². The van der Waals surface area contributed by atoms with E-state index in [1.165, 1.54) is 16.8 Å². The Morgan fingerprint density at radius 2 is 1.96 bits per heavy atom. The van der Waals surface area contributed by atoms with Crippen molar-refractivity contribution in [2.24, 2.45) is 0 Å². The van der Waals surface area contributed by atoms with Crippen molar-refractivity contribution in [1.82, 2.24) is 20.1 Å². The highest BCUT2D eigenvalue weighted by Gasteiger charge is 2.14. The van der Waals surface area contributed by atoms with Crippen LogP contribution in [-0.2, 0) is 0 Å². The van der Waals surface area contributed by atoms with Crippen LogP contribution in [0.15, 0.2) is 60.9 Å². The Balaban J connectivity index is 1.72. The van der Waals surface area contributed by atoms with E-state index in [0.717, 1.165) is 5.69 Å². The van der Waals surface area contributed by atoms with Crippen molar-refractivity contribution < 1.29 is 9.18 Å². The fourth-order valence-corrected chi connectivity index (χ4v) is 2.16. The Hall–Kier alpha value is -3.02. The maximum absolute atomic E-state index is 12.9. The number of hydrogen-bond donors (Lipinski definition) is 1. The molecule has 0 saturated heterocycles. The van der Waals surface area contributed by atoms with Crippen molar-refractivity contribution in [2.45, 2.75) is 13.0 Å². The molecule has 0 aliphatic heterocycles. The fraction of sp³-hybridized carbons (Fsp3) is 0.118. The fourth-order valence-electron chi connectivity index (χ4n) is 2.16. The van der Waals surface area contributed by atoms with Crippen LogP contribution in [0.4, 0.5) is 4.39 Å². The molecular weight excluding hydrogens is 295 g/mol. The van der Waals surface area contributed by atoms with E-state index in [9.17, 15) is 9.18 Å². The molecule has 3 aromatic rings. The van der Waals surface area contributed by atoms with E-state index >= 15 is 0 Å². The number of rotatable bonds is 4. The smallest absolute Gasteiger partial charge is 0.272 e. The molecular formula is C17H15FN4O. The Morgan fingerprint density at radius 3 is 2.65 bits per heavy atom. The van der Waals surface area contributed by atoms with Gasteiger partial charge in [-0.15, -0.1) is 0 Å². The summed E-state index contributed by atoms with van der Waals surface area (Å²) in [4.78, 5) is 16.5. The zero-order chi connectivity index (χ0) is 16.2. The lowest BCUT2D eigenvalue weighted by atomic mass is 10.2. The molecule has 3 rings (SSSR count). The summed E-state index contributed by atoms with van der Waals surface area (Å²) in [5.41, 5.74) is 1.75. The minimum absolute atomic E-state index is 0.223. The number of hydrogen-bond acceptors (Lipinski definition) is 3. The Kier molecular flexibility index (Phi) is 4.14. The summed E-state index contributed by atoms with van der Waals surface area (Å²) < 4.78 is 14.5. The molecule has 0 radical (unpaired) electrons. The van der Waals surface area contributed by atoms with Crippen molar-refractivity contribution in [3.8, 4) is 5.69 Å². The van der Waals surface area contributed by atoms with Crippen molar-refractivity contribution in [3.05, 3.63) is 78.1 Å². The van der Waals surface area contributed by atoms with E-state index < -0.39 is 0 Å². The number of carbonyl (C=O) groups excluding carboxylic acids is 1. The highest BCUT2D eigenvalue weighted by Crippen LogP contribution is 2.11. The predicted molar refractivity (Wildman–Crippen MR) is 83.6 cm³/mol. The van der Waals surface area contributed by atoms with Gasteiger partial charge in [0.25, 0.3) is 5.91 Å². The van der Waals surface area contributed by atoms with Crippen LogP contribution in [0.25, 0.3) is 5.69 Å². The third-order valence-corrected chi connectivity index (χ3v) is 3.39. The van der Waals surface area contributed by atoms with Crippen molar-refractivity contribution in [1.29, 1.82) is 0 Å². The lowest BCUT2D eigenvalue weighted by Gasteiger charge is -2.12. The molecule has 1 N–H and O–H groups in total. The maximum Gasteiger partial charge on any atom is 0.272 e. The second kappa shape index (κ2) is 6.39. The molecule has 0 unspecified atom stereocenters. The SMILES string of the molecule is C[C@@H](NC(=O)c1ccn(-c2ccc(F)cc2)n1)c1ccccn1. The summed E-state index contributed by atoms with van der Waals surface area (Å²) >= 11 is 0. The summed E-state index contributed by atoms with van der Waals surface area (Å²) in [6.45, 7) is 1.86. The van der Waals surface area contributed by atoms with Crippen molar-refractivity contribution in [2.75, 3.05) is 0 Å². The van der Waals surface area contributed by atoms with Crippen LogP contribution in [0.2, 0.25) is 0 Å². The van der Waals surface area contributed by atoms with Crippen LogP contribution in [-0.4, -0.2) is 20.7 Å². The van der Waals surface area contributed by atoms with Crippen molar-refractivity contribution >= 4 is 5.91 Å². The van der Waals surface area contributed by atoms with Gasteiger partial charge in [-0.2, -0.15) is 5.10 Å². The van der Waals surface area contributed by atoms with Gasteiger partial charge < -0.3 is 5.32 Å². The number of halogens is 1. The van der Waals surface area contributed by atoms with Gasteiger partial charge in [0.1, 0.15) is 5.82 Å². The lowest BCUT2D eigenvalue weighted by molar-refractivity contribution is 0.0933. The Morgan fingerprint density at radius 1 is 1.17 bits per heavy atom. The molecule has 2 aromatic heterocycles. The van der Waals surface area contributed by atoms with Crippen LogP contribution >= 0.6 is 0 Å². The normalized spacial score (nSPS) is 11.9. The molecule has 5 nitrogen and oxygen atoms in total. The summed E-state index contributed by atoms with van der Waals surface area (Å²) in [6, 6.07) is 12.8. The molecule has 1 atom stereocenters. The molecule has 0 aliphatic rings. The molecule has 0 saturated carbocycles. The van der Waals surface area contributed by atoms with Gasteiger partial charge in [-0.05, 0) is 49.4 Å². The molecule has 1 amide bonds. The minimum atomic E-state index is -0.317. The number of benzene rings is 1. The van der Waals surface area contributed by atoms with Gasteiger partial charge in [0.2, 0.25) is 0 Å². The summed E-state index contributed by atoms with van der Waals surface area (Å²) in [6.07, 6.45) is 3.34. The van der Waals surface area contributed by atoms with E-state index in [-0.39, 0.29) is 23.5 Å². The third kappa shape index (κ3) is 3.42. The molecule has 0 fully saturated rings. The second-order valence-electron chi connectivity index (χ2n) is 5.07. The molecule has 0 spiro atoms. The van der Waals surface area contributed by atoms with E-state index in [4.69, 9.17) is 0 Å². The number of amides is 1. The number of pyridine rings is 1. The first kappa shape index (κ1) is 14.9. The Labute approximate surface area is 132 Å². The van der Waals surface area contributed by atoms with E-state index in [0.29, 0.717) is 5.69 Å². The van der Waals surface area contributed by atoms with Gasteiger partial charge in [0.15, 0.2) is 5.69 Å². The highest BCUT2D eigenvalue weighted by atomic mass is 19.1. The lowest BCUT2D eigenvalue weighted by Crippen LogP contribution is -2.27. The molecule has 0 bridgehead atoms. The van der Waals surface area contributed by atoms with Gasteiger partial charge >= 0.3 is 0 Å². The number of aromatic nitrogens is 3. The molecule has 6 heteroatoms. The summed E-state index contributed by atoms with van der Waals surface area (Å²) in [7, 11) is 0. The first-order valence-corrected chi connectivity index (χ1v) is 7.17. The van der Waals surface area contributed by atoms with Crippen molar-refractivity contribution in [3.63, 3.8) is 0 Å². The van der Waals surface area contributed by atoms with Crippen LogP contribution in [0, 0.1) is 5.82 Å². The van der Waals surface area contributed by atoms with Crippen LogP contribution in [0.3, 0.4) is 0 Å². The van der Waals surface area contributed by atoms with E-state index in [2.05, 4.69) is 15.4 Å². The first-order chi connectivity index (χ1) is 11.1. The summed E-state index contributed by atoms with van der Waals surface area (Å²) in [5, 5.41) is 7.07. The van der Waals surface area contributed by atoms with Crippen LogP contribution in [0.1, 0.15) is 29.1 Å². The number of carbonyl (C=O) groups is 1. The van der Waals surface area contributed by atoms with Crippen LogP contribution in [0.5, 0.6) is 0 Å². The number of nitrogens with one attached hydrogen (secondary N) is 1. The molecule has 116 valence electrons. The standard InChI is InChI=1S/C17H15FN4O/c1-12(15-4-2-3-10-19-15)20-17(23)16-9-11-22(21-16)14-7-5-13(18)6-8-14/h2-12H,1H3,(H,20,23)/t12-/m1/s1. The quantitative estimate of drug-likeness (QED) is 0.806. The minimum Gasteiger partial charge on any atom is -0.343 e. The maximum atomic E-state index is 12.9. The third-order valence-electron chi connectivity index (χ3n) is 3.39. The molecule has 2 heterocycles. The zero-order valence-electron chi connectivity index (χ0n) is 12.5. The summed E-state index contributed by atoms with van der Waals surface area (Å²) in [5.74, 6) is -0.605. The van der Waals surface area contributed by atoms with Gasteiger partial charge in [-0.25, -0.2) is 9.07 Å². The number of nitrogens with zero attached hydrogens (tertiary/aromatic N) is 3. The monoisotopic (exact) mass is 310 g/mol. The molecule has 0 aliphatic carbocycles. The van der Waals surface area contributed by atoms with E-state index in [1.807, 2.05) is 25.1 Å². The first-order valence-electron chi connectivity index (χ1n) is 7.17. The zero-order valence-corrected chi connectivity index (χ0v) is 12.5. The Bertz CT molecular complexity index is 799. The molecule has 1 aromatic carbocycles.